The topological polar surface area (TPSA) is 56.7 Å². The summed E-state index contributed by atoms with van der Waals surface area (Å²) in [5, 5.41) is 4.11. The zero-order chi connectivity index (χ0) is 11.4. The summed E-state index contributed by atoms with van der Waals surface area (Å²) in [6, 6.07) is 7.93. The molecule has 0 amide bonds. The first-order chi connectivity index (χ1) is 7.77. The van der Waals surface area contributed by atoms with E-state index in [9.17, 15) is 0 Å². The third kappa shape index (κ3) is 2.46. The molecule has 0 spiro atoms. The number of nitrogens with zero attached hydrogens (tertiary/aromatic N) is 3. The molecule has 4 heteroatoms. The minimum absolute atomic E-state index is 0.0227. The summed E-state index contributed by atoms with van der Waals surface area (Å²) in [7, 11) is 1.91. The summed E-state index contributed by atoms with van der Waals surface area (Å²) in [5.74, 6) is 0. The molecule has 16 heavy (non-hydrogen) atoms. The second kappa shape index (κ2) is 4.90. The van der Waals surface area contributed by atoms with Crippen LogP contribution in [0.25, 0.3) is 0 Å². The highest BCUT2D eigenvalue weighted by atomic mass is 15.3. The average molecular weight is 216 g/mol. The lowest BCUT2D eigenvalue weighted by Crippen LogP contribution is -2.15. The summed E-state index contributed by atoms with van der Waals surface area (Å²) < 4.78 is 1.82. The van der Waals surface area contributed by atoms with Crippen LogP contribution in [-0.4, -0.2) is 14.8 Å². The van der Waals surface area contributed by atoms with Gasteiger partial charge in [0.15, 0.2) is 0 Å². The molecule has 2 heterocycles. The maximum atomic E-state index is 6.10. The fraction of sp³-hybridized carbons (Fsp3) is 0.333. The van der Waals surface area contributed by atoms with Crippen molar-refractivity contribution in [2.24, 2.45) is 12.8 Å². The van der Waals surface area contributed by atoms with E-state index in [0.717, 1.165) is 24.2 Å². The van der Waals surface area contributed by atoms with Crippen LogP contribution in [0.4, 0.5) is 0 Å². The van der Waals surface area contributed by atoms with Crippen LogP contribution in [0.1, 0.15) is 23.9 Å². The number of rotatable bonds is 4. The van der Waals surface area contributed by atoms with Crippen molar-refractivity contribution in [1.29, 1.82) is 0 Å². The van der Waals surface area contributed by atoms with Crippen LogP contribution in [-0.2, 0) is 13.5 Å². The highest BCUT2D eigenvalue weighted by Crippen LogP contribution is 2.14. The average Bonchev–Trinajstić information content (AvgIpc) is 2.74. The lowest BCUT2D eigenvalue weighted by Gasteiger charge is -2.11. The molecule has 84 valence electrons. The van der Waals surface area contributed by atoms with Gasteiger partial charge in [-0.05, 0) is 31.0 Å². The molecule has 2 aromatic heterocycles. The third-order valence-electron chi connectivity index (χ3n) is 2.68. The molecule has 0 saturated carbocycles. The normalized spacial score (nSPS) is 12.6. The Balaban J connectivity index is 1.94. The molecule has 2 rings (SSSR count). The predicted octanol–water partition coefficient (Wildman–Crippen LogP) is 1.45. The van der Waals surface area contributed by atoms with Gasteiger partial charge in [0.05, 0.1) is 5.69 Å². The molecular weight excluding hydrogens is 200 g/mol. The Kier molecular flexibility index (Phi) is 3.31. The summed E-state index contributed by atoms with van der Waals surface area (Å²) in [4.78, 5) is 4.28. The molecule has 0 aliphatic rings. The molecule has 1 unspecified atom stereocenters. The minimum Gasteiger partial charge on any atom is -0.323 e. The number of hydrogen-bond acceptors (Lipinski definition) is 3. The maximum Gasteiger partial charge on any atom is 0.0548 e. The summed E-state index contributed by atoms with van der Waals surface area (Å²) in [6.07, 6.45) is 5.37. The first kappa shape index (κ1) is 10.8. The zero-order valence-corrected chi connectivity index (χ0v) is 9.37. The van der Waals surface area contributed by atoms with Crippen LogP contribution in [0.15, 0.2) is 36.7 Å². The minimum atomic E-state index is 0.0227. The largest absolute Gasteiger partial charge is 0.323 e. The number of hydrogen-bond donors (Lipinski definition) is 1. The van der Waals surface area contributed by atoms with E-state index in [0.29, 0.717) is 0 Å². The molecule has 4 nitrogen and oxygen atoms in total. The Morgan fingerprint density at radius 3 is 2.81 bits per heavy atom. The van der Waals surface area contributed by atoms with Gasteiger partial charge in [-0.15, -0.1) is 0 Å². The van der Waals surface area contributed by atoms with E-state index in [4.69, 9.17) is 5.73 Å². The van der Waals surface area contributed by atoms with E-state index in [-0.39, 0.29) is 6.04 Å². The van der Waals surface area contributed by atoms with Crippen molar-refractivity contribution in [2.45, 2.75) is 18.9 Å². The number of pyridine rings is 1. The molecule has 2 N–H and O–H groups in total. The SMILES string of the molecule is Cn1nccc1C(N)CCc1ccccn1. The summed E-state index contributed by atoms with van der Waals surface area (Å²) >= 11 is 0. The molecule has 0 aliphatic heterocycles. The van der Waals surface area contributed by atoms with Crippen LogP contribution >= 0.6 is 0 Å². The Morgan fingerprint density at radius 1 is 1.31 bits per heavy atom. The molecule has 0 aromatic carbocycles. The predicted molar refractivity (Wildman–Crippen MR) is 62.7 cm³/mol. The Morgan fingerprint density at radius 2 is 2.19 bits per heavy atom. The van der Waals surface area contributed by atoms with Crippen molar-refractivity contribution in [3.8, 4) is 0 Å². The van der Waals surface area contributed by atoms with Gasteiger partial charge >= 0.3 is 0 Å². The molecule has 1 atom stereocenters. The quantitative estimate of drug-likeness (QED) is 0.841. The molecule has 2 aromatic rings. The number of aryl methyl sites for hydroxylation is 2. The van der Waals surface area contributed by atoms with Crippen molar-refractivity contribution >= 4 is 0 Å². The van der Waals surface area contributed by atoms with E-state index >= 15 is 0 Å². The van der Waals surface area contributed by atoms with Gasteiger partial charge in [0.25, 0.3) is 0 Å². The molecule has 0 bridgehead atoms. The second-order valence-corrected chi connectivity index (χ2v) is 3.85. The van der Waals surface area contributed by atoms with E-state index < -0.39 is 0 Å². The zero-order valence-electron chi connectivity index (χ0n) is 9.37. The Labute approximate surface area is 95.1 Å². The van der Waals surface area contributed by atoms with Crippen LogP contribution in [0, 0.1) is 0 Å². The summed E-state index contributed by atoms with van der Waals surface area (Å²) in [6.45, 7) is 0. The standard InChI is InChI=1S/C12H16N4/c1-16-12(7-9-15-16)11(13)6-5-10-4-2-3-8-14-10/h2-4,7-9,11H,5-6,13H2,1H3. The van der Waals surface area contributed by atoms with Gasteiger partial charge in [0.2, 0.25) is 0 Å². The smallest absolute Gasteiger partial charge is 0.0548 e. The molecular formula is C12H16N4. The van der Waals surface area contributed by atoms with Crippen LogP contribution < -0.4 is 5.73 Å². The fourth-order valence-corrected chi connectivity index (χ4v) is 1.75. The number of nitrogens with two attached hydrogens (primary N) is 1. The van der Waals surface area contributed by atoms with Gasteiger partial charge in [0.1, 0.15) is 0 Å². The lowest BCUT2D eigenvalue weighted by atomic mass is 10.1. The van der Waals surface area contributed by atoms with E-state index in [2.05, 4.69) is 10.1 Å². The summed E-state index contributed by atoms with van der Waals surface area (Å²) in [5.41, 5.74) is 8.25. The van der Waals surface area contributed by atoms with E-state index in [1.165, 1.54) is 0 Å². The van der Waals surface area contributed by atoms with Gasteiger partial charge in [-0.25, -0.2) is 0 Å². The highest BCUT2D eigenvalue weighted by Gasteiger charge is 2.09. The second-order valence-electron chi connectivity index (χ2n) is 3.85. The maximum absolute atomic E-state index is 6.10. The van der Waals surface area contributed by atoms with E-state index in [1.807, 2.05) is 42.2 Å². The van der Waals surface area contributed by atoms with Gasteiger partial charge in [-0.2, -0.15) is 5.10 Å². The molecule has 0 saturated heterocycles. The van der Waals surface area contributed by atoms with Crippen molar-refractivity contribution in [3.63, 3.8) is 0 Å². The lowest BCUT2D eigenvalue weighted by molar-refractivity contribution is 0.578. The number of aromatic nitrogens is 3. The van der Waals surface area contributed by atoms with Crippen LogP contribution in [0.5, 0.6) is 0 Å². The first-order valence-electron chi connectivity index (χ1n) is 5.41. The molecule has 0 aliphatic carbocycles. The van der Waals surface area contributed by atoms with Crippen molar-refractivity contribution in [2.75, 3.05) is 0 Å². The van der Waals surface area contributed by atoms with Crippen molar-refractivity contribution in [3.05, 3.63) is 48.0 Å². The van der Waals surface area contributed by atoms with Crippen molar-refractivity contribution in [1.82, 2.24) is 14.8 Å². The monoisotopic (exact) mass is 216 g/mol. The third-order valence-corrected chi connectivity index (χ3v) is 2.68. The molecule has 0 fully saturated rings. The Bertz CT molecular complexity index is 435. The molecule has 0 radical (unpaired) electrons. The van der Waals surface area contributed by atoms with Gasteiger partial charge < -0.3 is 5.73 Å². The Hall–Kier alpha value is -1.68. The first-order valence-corrected chi connectivity index (χ1v) is 5.41. The van der Waals surface area contributed by atoms with Crippen LogP contribution in [0.3, 0.4) is 0 Å². The van der Waals surface area contributed by atoms with E-state index in [1.54, 1.807) is 6.20 Å². The van der Waals surface area contributed by atoms with Crippen molar-refractivity contribution < 1.29 is 0 Å². The van der Waals surface area contributed by atoms with Gasteiger partial charge in [-0.3, -0.25) is 9.67 Å². The van der Waals surface area contributed by atoms with Crippen LogP contribution in [0.2, 0.25) is 0 Å². The van der Waals surface area contributed by atoms with Gasteiger partial charge in [-0.1, -0.05) is 6.07 Å². The fourth-order valence-electron chi connectivity index (χ4n) is 1.75. The highest BCUT2D eigenvalue weighted by molar-refractivity contribution is 5.08. The van der Waals surface area contributed by atoms with Gasteiger partial charge in [0, 0.05) is 31.2 Å².